The summed E-state index contributed by atoms with van der Waals surface area (Å²) in [6, 6.07) is 3.17. The van der Waals surface area contributed by atoms with Gasteiger partial charge in [0.15, 0.2) is 0 Å². The normalized spacial score (nSPS) is 19.3. The summed E-state index contributed by atoms with van der Waals surface area (Å²) in [5.74, 6) is -1.74. The molecule has 8 heteroatoms. The Morgan fingerprint density at radius 1 is 1.43 bits per heavy atom. The maximum absolute atomic E-state index is 12.1. The van der Waals surface area contributed by atoms with Gasteiger partial charge in [0, 0.05) is 13.2 Å². The van der Waals surface area contributed by atoms with E-state index in [1.807, 2.05) is 0 Å². The number of rotatable bonds is 5. The summed E-state index contributed by atoms with van der Waals surface area (Å²) < 4.78 is 32.0. The van der Waals surface area contributed by atoms with E-state index in [2.05, 4.69) is 4.72 Å². The van der Waals surface area contributed by atoms with Gasteiger partial charge in [-0.15, -0.1) is 0 Å². The SMILES string of the molecule is O=C(O)c1cc(S(=O)(=O)NCC2CCCOC2)ccc1O. The number of aromatic carboxylic acids is 1. The predicted molar refractivity (Wildman–Crippen MR) is 73.8 cm³/mol. The van der Waals surface area contributed by atoms with Gasteiger partial charge in [0.2, 0.25) is 10.0 Å². The average molecular weight is 315 g/mol. The number of benzene rings is 1. The number of carboxylic acid groups (broad SMARTS) is 1. The van der Waals surface area contributed by atoms with Crippen LogP contribution in [0.1, 0.15) is 23.2 Å². The topological polar surface area (TPSA) is 113 Å². The van der Waals surface area contributed by atoms with Crippen molar-refractivity contribution in [2.24, 2.45) is 5.92 Å². The standard InChI is InChI=1S/C13H17NO6S/c15-12-4-3-10(6-11(12)13(16)17)21(18,19)14-7-9-2-1-5-20-8-9/h3-4,6,9,14-15H,1-2,5,7-8H2,(H,16,17). The molecule has 1 aromatic rings. The highest BCUT2D eigenvalue weighted by Crippen LogP contribution is 2.21. The molecule has 1 aliphatic heterocycles. The third-order valence-electron chi connectivity index (χ3n) is 3.33. The van der Waals surface area contributed by atoms with Crippen LogP contribution in [0.25, 0.3) is 0 Å². The molecule has 1 aromatic carbocycles. The first-order chi connectivity index (χ1) is 9.90. The monoisotopic (exact) mass is 315 g/mol. The van der Waals surface area contributed by atoms with Gasteiger partial charge in [-0.05, 0) is 37.0 Å². The quantitative estimate of drug-likeness (QED) is 0.740. The van der Waals surface area contributed by atoms with E-state index in [0.717, 1.165) is 25.0 Å². The first kappa shape index (κ1) is 15.7. The fourth-order valence-electron chi connectivity index (χ4n) is 2.13. The van der Waals surface area contributed by atoms with E-state index in [0.29, 0.717) is 13.2 Å². The summed E-state index contributed by atoms with van der Waals surface area (Å²) in [5, 5.41) is 18.3. The summed E-state index contributed by atoms with van der Waals surface area (Å²) >= 11 is 0. The second-order valence-electron chi connectivity index (χ2n) is 4.92. The highest BCUT2D eigenvalue weighted by Gasteiger charge is 2.21. The first-order valence-electron chi connectivity index (χ1n) is 6.54. The minimum atomic E-state index is -3.81. The minimum absolute atomic E-state index is 0.115. The van der Waals surface area contributed by atoms with Gasteiger partial charge in [-0.25, -0.2) is 17.9 Å². The lowest BCUT2D eigenvalue weighted by molar-refractivity contribution is 0.0568. The molecular weight excluding hydrogens is 298 g/mol. The molecule has 1 heterocycles. The van der Waals surface area contributed by atoms with Crippen LogP contribution in [0, 0.1) is 5.92 Å². The van der Waals surface area contributed by atoms with Gasteiger partial charge in [-0.1, -0.05) is 0 Å². The molecule has 1 atom stereocenters. The fraction of sp³-hybridized carbons (Fsp3) is 0.462. The molecule has 7 nitrogen and oxygen atoms in total. The van der Waals surface area contributed by atoms with Crippen molar-refractivity contribution in [2.75, 3.05) is 19.8 Å². The van der Waals surface area contributed by atoms with Crippen LogP contribution >= 0.6 is 0 Å². The molecule has 0 spiro atoms. The van der Waals surface area contributed by atoms with E-state index in [1.165, 1.54) is 6.07 Å². The van der Waals surface area contributed by atoms with Crippen LogP contribution < -0.4 is 4.72 Å². The Kier molecular flexibility index (Phi) is 4.81. The van der Waals surface area contributed by atoms with Crippen LogP contribution in [0.5, 0.6) is 5.75 Å². The summed E-state index contributed by atoms with van der Waals surface area (Å²) in [4.78, 5) is 10.7. The van der Waals surface area contributed by atoms with E-state index in [9.17, 15) is 18.3 Å². The number of hydrogen-bond acceptors (Lipinski definition) is 5. The maximum atomic E-state index is 12.1. The Morgan fingerprint density at radius 2 is 2.19 bits per heavy atom. The molecule has 21 heavy (non-hydrogen) atoms. The number of carbonyl (C=O) groups is 1. The summed E-state index contributed by atoms with van der Waals surface area (Å²) in [6.07, 6.45) is 1.78. The molecule has 2 rings (SSSR count). The Bertz CT molecular complexity index is 622. The van der Waals surface area contributed by atoms with E-state index in [-0.39, 0.29) is 17.4 Å². The van der Waals surface area contributed by atoms with Gasteiger partial charge in [0.25, 0.3) is 0 Å². The molecule has 0 amide bonds. The van der Waals surface area contributed by atoms with Crippen molar-refractivity contribution < 1.29 is 28.2 Å². The van der Waals surface area contributed by atoms with Gasteiger partial charge in [-0.3, -0.25) is 0 Å². The van der Waals surface area contributed by atoms with Crippen molar-refractivity contribution in [2.45, 2.75) is 17.7 Å². The van der Waals surface area contributed by atoms with E-state index < -0.39 is 27.3 Å². The fourth-order valence-corrected chi connectivity index (χ4v) is 3.27. The number of nitrogens with one attached hydrogen (secondary N) is 1. The average Bonchev–Trinajstić information content (AvgIpc) is 2.46. The molecule has 116 valence electrons. The largest absolute Gasteiger partial charge is 0.507 e. The van der Waals surface area contributed by atoms with E-state index >= 15 is 0 Å². The Labute approximate surface area is 122 Å². The molecular formula is C13H17NO6S. The third-order valence-corrected chi connectivity index (χ3v) is 4.75. The summed E-state index contributed by atoms with van der Waals surface area (Å²) in [7, 11) is -3.81. The zero-order valence-corrected chi connectivity index (χ0v) is 12.1. The van der Waals surface area contributed by atoms with Crippen LogP contribution in [-0.4, -0.2) is 44.4 Å². The number of aromatic hydroxyl groups is 1. The van der Waals surface area contributed by atoms with Gasteiger partial charge >= 0.3 is 5.97 Å². The number of carboxylic acids is 1. The van der Waals surface area contributed by atoms with Crippen molar-refractivity contribution >= 4 is 16.0 Å². The van der Waals surface area contributed by atoms with E-state index in [1.54, 1.807) is 0 Å². The van der Waals surface area contributed by atoms with Crippen LogP contribution in [0.4, 0.5) is 0 Å². The molecule has 0 aliphatic carbocycles. The number of sulfonamides is 1. The number of phenols is 1. The molecule has 1 fully saturated rings. The highest BCUT2D eigenvalue weighted by molar-refractivity contribution is 7.89. The van der Waals surface area contributed by atoms with Gasteiger partial charge < -0.3 is 14.9 Å². The van der Waals surface area contributed by atoms with Crippen molar-refractivity contribution in [1.82, 2.24) is 4.72 Å². The third kappa shape index (κ3) is 3.93. The molecule has 0 bridgehead atoms. The smallest absolute Gasteiger partial charge is 0.339 e. The van der Waals surface area contributed by atoms with Crippen LogP contribution in [0.15, 0.2) is 23.1 Å². The van der Waals surface area contributed by atoms with Crippen LogP contribution in [0.3, 0.4) is 0 Å². The second-order valence-corrected chi connectivity index (χ2v) is 6.69. The predicted octanol–water partition coefficient (Wildman–Crippen LogP) is 0.795. The molecule has 0 saturated carbocycles. The van der Waals surface area contributed by atoms with E-state index in [4.69, 9.17) is 9.84 Å². The zero-order valence-electron chi connectivity index (χ0n) is 11.3. The Morgan fingerprint density at radius 3 is 2.81 bits per heavy atom. The molecule has 3 N–H and O–H groups in total. The maximum Gasteiger partial charge on any atom is 0.339 e. The summed E-state index contributed by atoms with van der Waals surface area (Å²) in [6.45, 7) is 1.45. The van der Waals surface area contributed by atoms with Crippen LogP contribution in [-0.2, 0) is 14.8 Å². The van der Waals surface area contributed by atoms with Gasteiger partial charge in [0.1, 0.15) is 11.3 Å². The van der Waals surface area contributed by atoms with Crippen molar-refractivity contribution in [1.29, 1.82) is 0 Å². The van der Waals surface area contributed by atoms with Crippen molar-refractivity contribution in [3.8, 4) is 5.75 Å². The highest BCUT2D eigenvalue weighted by atomic mass is 32.2. The molecule has 0 radical (unpaired) electrons. The van der Waals surface area contributed by atoms with Gasteiger partial charge in [-0.2, -0.15) is 0 Å². The Hall–Kier alpha value is -1.64. The molecule has 1 saturated heterocycles. The number of hydrogen-bond donors (Lipinski definition) is 3. The number of ether oxygens (including phenoxy) is 1. The lowest BCUT2D eigenvalue weighted by Crippen LogP contribution is -2.33. The molecule has 1 aliphatic rings. The Balaban J connectivity index is 2.11. The molecule has 1 unspecified atom stereocenters. The zero-order chi connectivity index (χ0) is 15.5. The second kappa shape index (κ2) is 6.42. The lowest BCUT2D eigenvalue weighted by Gasteiger charge is -2.22. The van der Waals surface area contributed by atoms with Crippen molar-refractivity contribution in [3.05, 3.63) is 23.8 Å². The van der Waals surface area contributed by atoms with Crippen LogP contribution in [0.2, 0.25) is 0 Å². The lowest BCUT2D eigenvalue weighted by atomic mass is 10.0. The van der Waals surface area contributed by atoms with Crippen molar-refractivity contribution in [3.63, 3.8) is 0 Å². The summed E-state index contributed by atoms with van der Waals surface area (Å²) in [5.41, 5.74) is -0.445. The van der Waals surface area contributed by atoms with Gasteiger partial charge in [0.05, 0.1) is 11.5 Å². The molecule has 0 aromatic heterocycles. The first-order valence-corrected chi connectivity index (χ1v) is 8.02. The minimum Gasteiger partial charge on any atom is -0.507 e.